The van der Waals surface area contributed by atoms with Gasteiger partial charge in [0.1, 0.15) is 5.60 Å². The Labute approximate surface area is 180 Å². The van der Waals surface area contributed by atoms with Gasteiger partial charge in [-0.05, 0) is 68.5 Å². The normalized spacial score (nSPS) is 12.0. The van der Waals surface area contributed by atoms with E-state index in [4.69, 9.17) is 4.74 Å². The molecular formula is C23H32N2O4S. The number of carbonyl (C=O) groups excluding carboxylic acids is 1. The molecule has 2 aromatic rings. The van der Waals surface area contributed by atoms with Crippen LogP contribution in [-0.2, 0) is 21.2 Å². The minimum absolute atomic E-state index is 0.264. The van der Waals surface area contributed by atoms with Crippen molar-refractivity contribution in [1.29, 1.82) is 0 Å². The molecule has 0 fully saturated rings. The van der Waals surface area contributed by atoms with E-state index in [-0.39, 0.29) is 4.90 Å². The van der Waals surface area contributed by atoms with E-state index in [1.54, 1.807) is 31.3 Å². The predicted molar refractivity (Wildman–Crippen MR) is 121 cm³/mol. The van der Waals surface area contributed by atoms with Gasteiger partial charge in [-0.2, -0.15) is 0 Å². The number of rotatable bonds is 7. The molecular weight excluding hydrogens is 400 g/mol. The van der Waals surface area contributed by atoms with Crippen LogP contribution in [0.25, 0.3) is 0 Å². The fourth-order valence-electron chi connectivity index (χ4n) is 2.82. The van der Waals surface area contributed by atoms with Crippen molar-refractivity contribution in [3.05, 3.63) is 59.7 Å². The number of alkyl carbamates (subject to hydrolysis) is 1. The molecule has 7 heteroatoms. The predicted octanol–water partition coefficient (Wildman–Crippen LogP) is 4.70. The molecule has 30 heavy (non-hydrogen) atoms. The summed E-state index contributed by atoms with van der Waals surface area (Å²) < 4.78 is 32.3. The van der Waals surface area contributed by atoms with Gasteiger partial charge >= 0.3 is 6.09 Å². The fourth-order valence-corrected chi connectivity index (χ4v) is 4.01. The van der Waals surface area contributed by atoms with Crippen LogP contribution >= 0.6 is 0 Å². The highest BCUT2D eigenvalue weighted by Crippen LogP contribution is 2.24. The Bertz CT molecular complexity index is 944. The third-order valence-corrected chi connectivity index (χ3v) is 6.39. The van der Waals surface area contributed by atoms with Crippen LogP contribution in [0, 0.1) is 0 Å². The molecule has 164 valence electrons. The summed E-state index contributed by atoms with van der Waals surface area (Å²) >= 11 is 0. The minimum atomic E-state index is -3.63. The number of ether oxygens (including phenoxy) is 1. The Kier molecular flexibility index (Phi) is 7.53. The van der Waals surface area contributed by atoms with Gasteiger partial charge in [-0.25, -0.2) is 13.2 Å². The van der Waals surface area contributed by atoms with Crippen molar-refractivity contribution in [2.45, 2.75) is 57.5 Å². The highest BCUT2D eigenvalue weighted by molar-refractivity contribution is 7.92. The molecule has 0 spiro atoms. The molecule has 0 heterocycles. The average Bonchev–Trinajstić information content (AvgIpc) is 2.66. The number of hydrogen-bond donors (Lipinski definition) is 1. The van der Waals surface area contributed by atoms with Crippen LogP contribution in [0.4, 0.5) is 10.5 Å². The van der Waals surface area contributed by atoms with Crippen molar-refractivity contribution < 1.29 is 17.9 Å². The van der Waals surface area contributed by atoms with E-state index < -0.39 is 21.7 Å². The maximum absolute atomic E-state index is 12.9. The van der Waals surface area contributed by atoms with E-state index in [0.29, 0.717) is 24.6 Å². The highest BCUT2D eigenvalue weighted by Gasteiger charge is 2.21. The first-order valence-electron chi connectivity index (χ1n) is 10.0. The van der Waals surface area contributed by atoms with Crippen molar-refractivity contribution in [3.63, 3.8) is 0 Å². The third kappa shape index (κ3) is 6.49. The molecule has 0 atom stereocenters. The Morgan fingerprint density at radius 3 is 2.10 bits per heavy atom. The first-order valence-corrected chi connectivity index (χ1v) is 11.5. The summed E-state index contributed by atoms with van der Waals surface area (Å²) in [5.41, 5.74) is 2.13. The van der Waals surface area contributed by atoms with Gasteiger partial charge in [0, 0.05) is 13.6 Å². The zero-order valence-electron chi connectivity index (χ0n) is 18.6. The van der Waals surface area contributed by atoms with E-state index in [2.05, 4.69) is 19.2 Å². The maximum atomic E-state index is 12.9. The van der Waals surface area contributed by atoms with Crippen molar-refractivity contribution >= 4 is 21.8 Å². The molecule has 0 unspecified atom stereocenters. The number of nitrogens with one attached hydrogen (secondary N) is 1. The third-order valence-electron chi connectivity index (χ3n) is 4.59. The van der Waals surface area contributed by atoms with Crippen molar-refractivity contribution in [3.8, 4) is 0 Å². The molecule has 0 aliphatic carbocycles. The van der Waals surface area contributed by atoms with Crippen LogP contribution in [0.15, 0.2) is 53.4 Å². The maximum Gasteiger partial charge on any atom is 0.407 e. The molecule has 1 amide bonds. The molecule has 0 bridgehead atoms. The quantitative estimate of drug-likeness (QED) is 0.688. The van der Waals surface area contributed by atoms with Gasteiger partial charge in [0.15, 0.2) is 0 Å². The number of carbonyl (C=O) groups is 1. The number of benzene rings is 2. The number of nitrogens with zero attached hydrogens (tertiary/aromatic N) is 1. The Hall–Kier alpha value is -2.54. The minimum Gasteiger partial charge on any atom is -0.444 e. The molecule has 6 nitrogen and oxygen atoms in total. The molecule has 0 aliphatic rings. The van der Waals surface area contributed by atoms with E-state index in [0.717, 1.165) is 11.1 Å². The van der Waals surface area contributed by atoms with Gasteiger partial charge in [0.25, 0.3) is 10.0 Å². The van der Waals surface area contributed by atoms with E-state index in [9.17, 15) is 13.2 Å². The molecule has 1 N–H and O–H groups in total. The van der Waals surface area contributed by atoms with Crippen LogP contribution in [0.1, 0.15) is 51.7 Å². The summed E-state index contributed by atoms with van der Waals surface area (Å²) in [7, 11) is -2.09. The standard InChI is InChI=1S/C23H32N2O4S/c1-17(2)19-9-13-21(14-10-19)30(27,28)25(6)20-11-7-18(8-12-20)15-16-24-22(26)29-23(3,4)5/h7-14,17H,15-16H2,1-6H3,(H,24,26). The van der Waals surface area contributed by atoms with Gasteiger partial charge in [0.05, 0.1) is 10.6 Å². The second-order valence-corrected chi connectivity index (χ2v) is 10.5. The van der Waals surface area contributed by atoms with Crippen molar-refractivity contribution in [2.75, 3.05) is 17.9 Å². The average molecular weight is 433 g/mol. The molecule has 2 rings (SSSR count). The molecule has 0 aliphatic heterocycles. The van der Waals surface area contributed by atoms with E-state index in [1.165, 1.54) is 4.31 Å². The topological polar surface area (TPSA) is 75.7 Å². The number of amides is 1. The first-order chi connectivity index (χ1) is 13.9. The van der Waals surface area contributed by atoms with E-state index >= 15 is 0 Å². The number of hydrogen-bond acceptors (Lipinski definition) is 4. The molecule has 0 saturated heterocycles. The largest absolute Gasteiger partial charge is 0.444 e. The summed E-state index contributed by atoms with van der Waals surface area (Å²) in [6.07, 6.45) is 0.167. The molecule has 2 aromatic carbocycles. The lowest BCUT2D eigenvalue weighted by atomic mass is 10.0. The SMILES string of the molecule is CC(C)c1ccc(S(=O)(=O)N(C)c2ccc(CCNC(=O)OC(C)(C)C)cc2)cc1. The monoisotopic (exact) mass is 432 g/mol. The number of anilines is 1. The molecule has 0 aromatic heterocycles. The lowest BCUT2D eigenvalue weighted by molar-refractivity contribution is 0.0528. The lowest BCUT2D eigenvalue weighted by Crippen LogP contribution is -2.33. The van der Waals surface area contributed by atoms with Gasteiger partial charge in [-0.1, -0.05) is 38.1 Å². The van der Waals surface area contributed by atoms with Gasteiger partial charge in [0.2, 0.25) is 0 Å². The van der Waals surface area contributed by atoms with E-state index in [1.807, 2.05) is 45.0 Å². The first kappa shape index (κ1) is 23.7. The Morgan fingerprint density at radius 2 is 1.60 bits per heavy atom. The van der Waals surface area contributed by atoms with Gasteiger partial charge < -0.3 is 10.1 Å². The van der Waals surface area contributed by atoms with Crippen LogP contribution in [0.2, 0.25) is 0 Å². The van der Waals surface area contributed by atoms with Gasteiger partial charge in [-0.15, -0.1) is 0 Å². The number of sulfonamides is 1. The van der Waals surface area contributed by atoms with Gasteiger partial charge in [-0.3, -0.25) is 4.31 Å². The molecule has 0 saturated carbocycles. The lowest BCUT2D eigenvalue weighted by Gasteiger charge is -2.20. The van der Waals surface area contributed by atoms with Crippen LogP contribution in [0.5, 0.6) is 0 Å². The Balaban J connectivity index is 2.00. The highest BCUT2D eigenvalue weighted by atomic mass is 32.2. The zero-order valence-corrected chi connectivity index (χ0v) is 19.4. The molecule has 0 radical (unpaired) electrons. The zero-order chi connectivity index (χ0) is 22.5. The second kappa shape index (κ2) is 9.51. The second-order valence-electron chi connectivity index (χ2n) is 8.54. The van der Waals surface area contributed by atoms with Crippen LogP contribution in [-0.4, -0.2) is 33.7 Å². The summed E-state index contributed by atoms with van der Waals surface area (Å²) in [5.74, 6) is 0.344. The smallest absolute Gasteiger partial charge is 0.407 e. The van der Waals surface area contributed by atoms with Crippen LogP contribution in [0.3, 0.4) is 0 Å². The summed E-state index contributed by atoms with van der Waals surface area (Å²) in [5, 5.41) is 2.72. The Morgan fingerprint density at radius 1 is 1.03 bits per heavy atom. The fraction of sp³-hybridized carbons (Fsp3) is 0.435. The van der Waals surface area contributed by atoms with Crippen molar-refractivity contribution in [2.24, 2.45) is 0 Å². The van der Waals surface area contributed by atoms with Crippen molar-refractivity contribution in [1.82, 2.24) is 5.32 Å². The van der Waals surface area contributed by atoms with Crippen LogP contribution < -0.4 is 9.62 Å². The summed E-state index contributed by atoms with van der Waals surface area (Å²) in [4.78, 5) is 12.0. The summed E-state index contributed by atoms with van der Waals surface area (Å²) in [6, 6.07) is 14.3. The summed E-state index contributed by atoms with van der Waals surface area (Å²) in [6.45, 7) is 10.0.